The number of aliphatic imine (C=N–C) groups is 1. The lowest BCUT2D eigenvalue weighted by molar-refractivity contribution is -0.0913. The number of fused-ring (bicyclic) bond motifs is 1. The van der Waals surface area contributed by atoms with E-state index in [1.165, 1.54) is 11.8 Å². The second-order valence-electron chi connectivity index (χ2n) is 3.68. The summed E-state index contributed by atoms with van der Waals surface area (Å²) in [5.41, 5.74) is -0.129. The van der Waals surface area contributed by atoms with Crippen molar-refractivity contribution in [1.29, 1.82) is 0 Å². The average Bonchev–Trinajstić information content (AvgIpc) is 2.61. The molecule has 0 saturated carbocycles. The first-order valence-corrected chi connectivity index (χ1v) is 6.04. The van der Waals surface area contributed by atoms with Crippen molar-refractivity contribution in [3.8, 4) is 0 Å². The highest BCUT2D eigenvalue weighted by molar-refractivity contribution is 8.14. The fourth-order valence-electron chi connectivity index (χ4n) is 1.82. The molecule has 0 spiro atoms. The third-order valence-electron chi connectivity index (χ3n) is 2.56. The molecule has 4 unspecified atom stereocenters. The van der Waals surface area contributed by atoms with Crippen LogP contribution in [0, 0.1) is 0 Å². The standard InChI is InChI=1S/C9H16N2O3S/c1-2-10-9-11-7-6(13)3-5(4-12)14-8(7)15-9/h5-8,12-13H,2-4H2,1H3,(H,10,11). The second-order valence-corrected chi connectivity index (χ2v) is 4.77. The summed E-state index contributed by atoms with van der Waals surface area (Å²) >= 11 is 1.49. The molecule has 6 heteroatoms. The van der Waals surface area contributed by atoms with Crippen LogP contribution < -0.4 is 5.32 Å². The number of amidine groups is 1. The molecule has 0 aliphatic carbocycles. The zero-order valence-corrected chi connectivity index (χ0v) is 9.41. The van der Waals surface area contributed by atoms with Crippen LogP contribution in [0.2, 0.25) is 0 Å². The van der Waals surface area contributed by atoms with Crippen LogP contribution in [0.4, 0.5) is 0 Å². The Morgan fingerprint density at radius 1 is 1.67 bits per heavy atom. The Bertz CT molecular complexity index is 262. The van der Waals surface area contributed by atoms with Gasteiger partial charge in [0.1, 0.15) is 5.44 Å². The summed E-state index contributed by atoms with van der Waals surface area (Å²) in [6.45, 7) is 2.64. The van der Waals surface area contributed by atoms with E-state index in [9.17, 15) is 5.11 Å². The summed E-state index contributed by atoms with van der Waals surface area (Å²) in [5, 5.41) is 22.8. The molecule has 0 bridgehead atoms. The Morgan fingerprint density at radius 3 is 3.13 bits per heavy atom. The number of thioether (sulfide) groups is 1. The van der Waals surface area contributed by atoms with Gasteiger partial charge in [-0.05, 0) is 6.92 Å². The highest BCUT2D eigenvalue weighted by atomic mass is 32.2. The number of nitrogens with one attached hydrogen (secondary N) is 1. The predicted octanol–water partition coefficient (Wildman–Crippen LogP) is -0.465. The van der Waals surface area contributed by atoms with Gasteiger partial charge in [0.2, 0.25) is 0 Å². The Morgan fingerprint density at radius 2 is 2.47 bits per heavy atom. The van der Waals surface area contributed by atoms with Gasteiger partial charge in [0, 0.05) is 13.0 Å². The summed E-state index contributed by atoms with van der Waals surface area (Å²) in [7, 11) is 0. The van der Waals surface area contributed by atoms with Crippen molar-refractivity contribution in [3.05, 3.63) is 0 Å². The van der Waals surface area contributed by atoms with Gasteiger partial charge >= 0.3 is 0 Å². The van der Waals surface area contributed by atoms with Crippen LogP contribution in [-0.2, 0) is 4.74 Å². The number of hydrogen-bond donors (Lipinski definition) is 3. The summed E-state index contributed by atoms with van der Waals surface area (Å²) in [4.78, 5) is 4.25. The van der Waals surface area contributed by atoms with Crippen molar-refractivity contribution in [1.82, 2.24) is 5.32 Å². The predicted molar refractivity (Wildman–Crippen MR) is 58.9 cm³/mol. The molecule has 86 valence electrons. The van der Waals surface area contributed by atoms with Gasteiger partial charge in [-0.1, -0.05) is 11.8 Å². The normalized spacial score (nSPS) is 42.7. The molecule has 15 heavy (non-hydrogen) atoms. The first kappa shape index (κ1) is 11.2. The van der Waals surface area contributed by atoms with Crippen molar-refractivity contribution >= 4 is 16.9 Å². The second kappa shape index (κ2) is 4.69. The largest absolute Gasteiger partial charge is 0.394 e. The fourth-order valence-corrected chi connectivity index (χ4v) is 3.06. The highest BCUT2D eigenvalue weighted by Crippen LogP contribution is 2.33. The molecule has 3 N–H and O–H groups in total. The van der Waals surface area contributed by atoms with Gasteiger partial charge < -0.3 is 20.3 Å². The van der Waals surface area contributed by atoms with E-state index in [2.05, 4.69) is 10.3 Å². The minimum atomic E-state index is -0.474. The van der Waals surface area contributed by atoms with Crippen LogP contribution in [0.25, 0.3) is 0 Å². The summed E-state index contributed by atoms with van der Waals surface area (Å²) in [6, 6.07) is -0.0944. The number of aliphatic hydroxyl groups is 2. The molecular formula is C9H16N2O3S. The summed E-state index contributed by atoms with van der Waals surface area (Å²) < 4.78 is 5.62. The molecule has 0 aromatic rings. The maximum absolute atomic E-state index is 9.84. The first-order valence-electron chi connectivity index (χ1n) is 5.16. The SMILES string of the molecule is CCN=C1NC2C(O)CC(CO)OC2S1. The number of rotatable bonds is 2. The highest BCUT2D eigenvalue weighted by Gasteiger charge is 2.43. The molecular weight excluding hydrogens is 216 g/mol. The third kappa shape index (κ3) is 2.28. The number of nitrogens with zero attached hydrogens (tertiary/aromatic N) is 1. The zero-order chi connectivity index (χ0) is 10.8. The van der Waals surface area contributed by atoms with Gasteiger partial charge in [0.15, 0.2) is 5.17 Å². The smallest absolute Gasteiger partial charge is 0.159 e. The Hall–Kier alpha value is -0.300. The first-order chi connectivity index (χ1) is 7.24. The third-order valence-corrected chi connectivity index (χ3v) is 3.67. The summed E-state index contributed by atoms with van der Waals surface area (Å²) in [6.07, 6.45) is -0.251. The van der Waals surface area contributed by atoms with E-state index in [0.29, 0.717) is 13.0 Å². The van der Waals surface area contributed by atoms with E-state index < -0.39 is 6.10 Å². The molecule has 2 rings (SSSR count). The topological polar surface area (TPSA) is 74.1 Å². The van der Waals surface area contributed by atoms with Gasteiger partial charge in [-0.3, -0.25) is 4.99 Å². The van der Waals surface area contributed by atoms with E-state index in [0.717, 1.165) is 5.17 Å². The van der Waals surface area contributed by atoms with Gasteiger partial charge in [-0.25, -0.2) is 0 Å². The molecule has 2 aliphatic heterocycles. The van der Waals surface area contributed by atoms with Crippen LogP contribution in [0.1, 0.15) is 13.3 Å². The van der Waals surface area contributed by atoms with Crippen molar-refractivity contribution in [2.24, 2.45) is 4.99 Å². The van der Waals surface area contributed by atoms with Crippen LogP contribution in [0.5, 0.6) is 0 Å². The molecule has 2 heterocycles. The van der Waals surface area contributed by atoms with E-state index in [-0.39, 0.29) is 24.2 Å². The maximum Gasteiger partial charge on any atom is 0.159 e. The van der Waals surface area contributed by atoms with Gasteiger partial charge in [0.25, 0.3) is 0 Å². The van der Waals surface area contributed by atoms with Gasteiger partial charge in [-0.2, -0.15) is 0 Å². The van der Waals surface area contributed by atoms with E-state index in [1.54, 1.807) is 0 Å². The van der Waals surface area contributed by atoms with E-state index in [4.69, 9.17) is 9.84 Å². The summed E-state index contributed by atoms with van der Waals surface area (Å²) in [5.74, 6) is 0. The Balaban J connectivity index is 2.03. The molecule has 0 amide bonds. The maximum atomic E-state index is 9.84. The average molecular weight is 232 g/mol. The van der Waals surface area contributed by atoms with Crippen LogP contribution in [-0.4, -0.2) is 52.2 Å². The molecule has 5 nitrogen and oxygen atoms in total. The molecule has 0 aromatic heterocycles. The molecule has 2 fully saturated rings. The monoisotopic (exact) mass is 232 g/mol. The quantitative estimate of drug-likeness (QED) is 0.600. The van der Waals surface area contributed by atoms with Crippen molar-refractivity contribution in [2.75, 3.05) is 13.2 Å². The van der Waals surface area contributed by atoms with Crippen molar-refractivity contribution < 1.29 is 14.9 Å². The lowest BCUT2D eigenvalue weighted by Gasteiger charge is -2.33. The van der Waals surface area contributed by atoms with Crippen molar-refractivity contribution in [2.45, 2.75) is 37.0 Å². The van der Waals surface area contributed by atoms with E-state index in [1.807, 2.05) is 6.92 Å². The molecule has 0 aromatic carbocycles. The fraction of sp³-hybridized carbons (Fsp3) is 0.889. The molecule has 2 aliphatic rings. The van der Waals surface area contributed by atoms with Gasteiger partial charge in [-0.15, -0.1) is 0 Å². The zero-order valence-electron chi connectivity index (χ0n) is 8.59. The number of aliphatic hydroxyl groups excluding tert-OH is 2. The number of ether oxygens (including phenoxy) is 1. The van der Waals surface area contributed by atoms with Crippen LogP contribution in [0.15, 0.2) is 4.99 Å². The number of hydrogen-bond acceptors (Lipinski definition) is 5. The Labute approximate surface area is 92.9 Å². The van der Waals surface area contributed by atoms with E-state index >= 15 is 0 Å². The minimum absolute atomic E-state index is 0.0406. The molecule has 0 radical (unpaired) electrons. The molecule has 4 atom stereocenters. The van der Waals surface area contributed by atoms with Crippen LogP contribution in [0.3, 0.4) is 0 Å². The minimum Gasteiger partial charge on any atom is -0.394 e. The lowest BCUT2D eigenvalue weighted by atomic mass is 10.0. The Kier molecular flexibility index (Phi) is 3.50. The van der Waals surface area contributed by atoms with Crippen LogP contribution >= 0.6 is 11.8 Å². The molecule has 2 saturated heterocycles. The van der Waals surface area contributed by atoms with Crippen molar-refractivity contribution in [3.63, 3.8) is 0 Å². The lowest BCUT2D eigenvalue weighted by Crippen LogP contribution is -2.51. The van der Waals surface area contributed by atoms with Gasteiger partial charge in [0.05, 0.1) is 24.9 Å².